The van der Waals surface area contributed by atoms with Crippen LogP contribution in [0.4, 0.5) is 0 Å². The molecule has 0 aromatic heterocycles. The number of rotatable bonds is 0. The van der Waals surface area contributed by atoms with Crippen LogP contribution < -0.4 is 9.79 Å². The van der Waals surface area contributed by atoms with Crippen molar-refractivity contribution >= 4 is 66.1 Å². The van der Waals surface area contributed by atoms with E-state index < -0.39 is 17.2 Å². The average molecular weight is 299 g/mol. The average Bonchev–Trinajstić information content (AvgIpc) is 1.25. The predicted molar refractivity (Wildman–Crippen MR) is 28.5 cm³/mol. The Morgan fingerprint density at radius 1 is 0.778 bits per heavy atom. The Hall–Kier alpha value is 2.19. The first-order valence-corrected chi connectivity index (χ1v) is 3.50. The van der Waals surface area contributed by atoms with Crippen molar-refractivity contribution in [2.45, 2.75) is 0 Å². The van der Waals surface area contributed by atoms with Gasteiger partial charge < -0.3 is 29.4 Å². The van der Waals surface area contributed by atoms with Gasteiger partial charge in [-0.3, -0.25) is 0 Å². The monoisotopic (exact) mass is 300 g/mol. The molecule has 9 heavy (non-hydrogen) atoms. The standard InChI is InChI=1S/Ba.2H2O3P/c;2*1-4(2)3/h;2*1-2H/q+2;2*-1. The summed E-state index contributed by atoms with van der Waals surface area (Å²) in [5, 5.41) is 0. The first kappa shape index (κ1) is 17.3. The second-order valence-electron chi connectivity index (χ2n) is 0.505. The maximum absolute atomic E-state index is 8.70. The molecule has 0 heterocycles. The zero-order chi connectivity index (χ0) is 7.15. The number of hydrogen-bond donors (Lipinski definition) is 4. The minimum Gasteiger partial charge on any atom is -0.786 e. The topological polar surface area (TPSA) is 127 Å². The van der Waals surface area contributed by atoms with Crippen LogP contribution in [0.15, 0.2) is 0 Å². The Morgan fingerprint density at radius 3 is 0.778 bits per heavy atom. The van der Waals surface area contributed by atoms with Crippen molar-refractivity contribution < 1.29 is 29.4 Å². The zero-order valence-electron chi connectivity index (χ0n) is 4.21. The van der Waals surface area contributed by atoms with E-state index in [1.54, 1.807) is 0 Å². The van der Waals surface area contributed by atoms with Gasteiger partial charge in [0, 0.05) is 0 Å². The van der Waals surface area contributed by atoms with Crippen molar-refractivity contribution in [1.82, 2.24) is 0 Å². The van der Waals surface area contributed by atoms with Crippen LogP contribution in [0, 0.1) is 0 Å². The van der Waals surface area contributed by atoms with E-state index in [-0.39, 0.29) is 48.9 Å². The van der Waals surface area contributed by atoms with Gasteiger partial charge in [0.15, 0.2) is 0 Å². The third-order valence-electron chi connectivity index (χ3n) is 0. The molecule has 0 amide bonds. The first-order chi connectivity index (χ1) is 3.46. The molecule has 0 fully saturated rings. The van der Waals surface area contributed by atoms with Crippen LogP contribution in [0.2, 0.25) is 0 Å². The Morgan fingerprint density at radius 2 is 0.778 bits per heavy atom. The molecule has 0 unspecified atom stereocenters. The summed E-state index contributed by atoms with van der Waals surface area (Å²) in [7, 11) is -5.74. The van der Waals surface area contributed by atoms with Crippen LogP contribution in [-0.4, -0.2) is 68.5 Å². The van der Waals surface area contributed by atoms with Crippen molar-refractivity contribution in [2.75, 3.05) is 0 Å². The minimum absolute atomic E-state index is 0. The van der Waals surface area contributed by atoms with Crippen molar-refractivity contribution in [3.63, 3.8) is 0 Å². The van der Waals surface area contributed by atoms with E-state index in [1.165, 1.54) is 0 Å². The van der Waals surface area contributed by atoms with Crippen LogP contribution >= 0.6 is 17.2 Å². The van der Waals surface area contributed by atoms with Crippen molar-refractivity contribution in [3.8, 4) is 0 Å². The second-order valence-corrected chi connectivity index (χ2v) is 1.52. The van der Waals surface area contributed by atoms with Gasteiger partial charge in [-0.2, -0.15) is 0 Å². The van der Waals surface area contributed by atoms with Gasteiger partial charge in [0.05, 0.1) is 17.2 Å². The molecular weight excluding hydrogens is 295 g/mol. The summed E-state index contributed by atoms with van der Waals surface area (Å²) in [5.41, 5.74) is 0. The summed E-state index contributed by atoms with van der Waals surface area (Å²) in [6.45, 7) is 0. The van der Waals surface area contributed by atoms with Gasteiger partial charge in [0.1, 0.15) is 0 Å². The summed E-state index contributed by atoms with van der Waals surface area (Å²) in [6, 6.07) is 0. The van der Waals surface area contributed by atoms with Gasteiger partial charge in [-0.15, -0.1) is 0 Å². The maximum atomic E-state index is 8.70. The van der Waals surface area contributed by atoms with Gasteiger partial charge in [0.25, 0.3) is 0 Å². The van der Waals surface area contributed by atoms with Crippen molar-refractivity contribution in [1.29, 1.82) is 0 Å². The molecule has 0 aliphatic heterocycles. The molecule has 0 aliphatic carbocycles. The largest absolute Gasteiger partial charge is 2.00 e. The van der Waals surface area contributed by atoms with Gasteiger partial charge in [0.2, 0.25) is 0 Å². The summed E-state index contributed by atoms with van der Waals surface area (Å²) in [5.74, 6) is 0. The van der Waals surface area contributed by atoms with E-state index in [4.69, 9.17) is 29.4 Å². The molecule has 0 aliphatic rings. The van der Waals surface area contributed by atoms with Crippen LogP contribution in [0.3, 0.4) is 0 Å². The van der Waals surface area contributed by atoms with Crippen LogP contribution in [0.1, 0.15) is 0 Å². The fourth-order valence-electron chi connectivity index (χ4n) is 0. The molecule has 0 saturated carbocycles. The predicted octanol–water partition coefficient (Wildman–Crippen LogP) is -3.26. The Balaban J connectivity index is -0.0000000720. The van der Waals surface area contributed by atoms with E-state index in [9.17, 15) is 0 Å². The molecule has 0 atom stereocenters. The molecule has 0 radical (unpaired) electrons. The molecule has 0 aromatic rings. The Bertz CT molecular complexity index is 26.5. The maximum Gasteiger partial charge on any atom is 2.00 e. The van der Waals surface area contributed by atoms with Gasteiger partial charge >= 0.3 is 48.9 Å². The molecule has 6 nitrogen and oxygen atoms in total. The third-order valence-corrected chi connectivity index (χ3v) is 0. The van der Waals surface area contributed by atoms with Crippen LogP contribution in [0.5, 0.6) is 0 Å². The zero-order valence-corrected chi connectivity index (χ0v) is 10.4. The molecule has 9 heteroatoms. The van der Waals surface area contributed by atoms with Gasteiger partial charge in [-0.05, 0) is 0 Å². The summed E-state index contributed by atoms with van der Waals surface area (Å²) in [6.07, 6.45) is 0. The quantitative estimate of drug-likeness (QED) is 0.275. The van der Waals surface area contributed by atoms with Crippen molar-refractivity contribution in [2.24, 2.45) is 0 Å². The van der Waals surface area contributed by atoms with E-state index in [2.05, 4.69) is 0 Å². The van der Waals surface area contributed by atoms with Crippen LogP contribution in [0.25, 0.3) is 0 Å². The molecule has 4 N–H and O–H groups in total. The molecular formula is H4BaO6P2. The van der Waals surface area contributed by atoms with E-state index in [0.29, 0.717) is 0 Å². The van der Waals surface area contributed by atoms with Crippen LogP contribution in [-0.2, 0) is 0 Å². The minimum atomic E-state index is -2.87. The van der Waals surface area contributed by atoms with Gasteiger partial charge in [-0.1, -0.05) is 0 Å². The molecule has 0 bridgehead atoms. The molecule has 0 rings (SSSR count). The molecule has 0 aromatic carbocycles. The second kappa shape index (κ2) is 12.8. The fourth-order valence-corrected chi connectivity index (χ4v) is 0. The van der Waals surface area contributed by atoms with Crippen molar-refractivity contribution in [3.05, 3.63) is 0 Å². The van der Waals surface area contributed by atoms with E-state index >= 15 is 0 Å². The summed E-state index contributed by atoms with van der Waals surface area (Å²) >= 11 is 0. The smallest absolute Gasteiger partial charge is 0.786 e. The fraction of sp³-hybridized carbons (Fsp3) is 0. The Kier molecular flexibility index (Phi) is 24.7. The molecule has 0 saturated heterocycles. The summed E-state index contributed by atoms with van der Waals surface area (Å²) in [4.78, 5) is 45.9. The molecule has 52 valence electrons. The first-order valence-electron chi connectivity index (χ1n) is 1.17. The number of hydrogen-bond acceptors (Lipinski definition) is 6. The summed E-state index contributed by atoms with van der Waals surface area (Å²) < 4.78 is 0. The Labute approximate surface area is 94.2 Å². The van der Waals surface area contributed by atoms with Gasteiger partial charge in [-0.25, -0.2) is 0 Å². The normalized spacial score (nSPS) is 8.00. The van der Waals surface area contributed by atoms with E-state index in [1.807, 2.05) is 0 Å². The van der Waals surface area contributed by atoms with E-state index in [0.717, 1.165) is 0 Å². The molecule has 0 spiro atoms. The SMILES string of the molecule is [Ba+2].[O-]P(O)O.[O-]P(O)O. The third kappa shape index (κ3) is 142.